The van der Waals surface area contributed by atoms with Crippen LogP contribution in [-0.4, -0.2) is 44.9 Å². The summed E-state index contributed by atoms with van der Waals surface area (Å²) in [5.74, 6) is 0.143. The molecule has 1 N–H and O–H groups in total. The summed E-state index contributed by atoms with van der Waals surface area (Å²) in [5, 5.41) is 18.1. The summed E-state index contributed by atoms with van der Waals surface area (Å²) in [6.07, 6.45) is 2.19. The first-order chi connectivity index (χ1) is 12.1. The molecule has 6 heteroatoms. The van der Waals surface area contributed by atoms with E-state index in [-0.39, 0.29) is 18.4 Å². The van der Waals surface area contributed by atoms with Crippen molar-refractivity contribution in [2.75, 3.05) is 13.1 Å². The highest BCUT2D eigenvalue weighted by molar-refractivity contribution is 7.10. The fourth-order valence-corrected chi connectivity index (χ4v) is 4.69. The smallest absolute Gasteiger partial charge is 0.244 e. The number of carbonyl (C=O) groups is 1. The average Bonchev–Trinajstić information content (AvgIpc) is 3.20. The average molecular weight is 355 g/mol. The number of aromatic nitrogens is 2. The Labute approximate surface area is 150 Å². The van der Waals surface area contributed by atoms with E-state index in [1.54, 1.807) is 20.9 Å². The van der Waals surface area contributed by atoms with Crippen LogP contribution in [0.4, 0.5) is 0 Å². The first kappa shape index (κ1) is 16.3. The van der Waals surface area contributed by atoms with Crippen LogP contribution in [0, 0.1) is 6.92 Å². The van der Waals surface area contributed by atoms with Gasteiger partial charge < -0.3 is 10.0 Å². The highest BCUT2D eigenvalue weighted by Crippen LogP contribution is 2.34. The maximum absolute atomic E-state index is 12.6. The quantitative estimate of drug-likeness (QED) is 0.786. The number of piperidine rings is 1. The van der Waals surface area contributed by atoms with Gasteiger partial charge in [-0.05, 0) is 36.4 Å². The van der Waals surface area contributed by atoms with Crippen molar-refractivity contribution in [3.63, 3.8) is 0 Å². The van der Waals surface area contributed by atoms with E-state index >= 15 is 0 Å². The van der Waals surface area contributed by atoms with Gasteiger partial charge in [0.1, 0.15) is 6.54 Å². The van der Waals surface area contributed by atoms with Crippen LogP contribution in [-0.2, 0) is 11.3 Å². The summed E-state index contributed by atoms with van der Waals surface area (Å²) in [6, 6.07) is 9.92. The summed E-state index contributed by atoms with van der Waals surface area (Å²) in [5.41, 5.74) is 2.12. The molecule has 1 aromatic carbocycles. The molecular formula is C19H21N3O2S. The number of amides is 1. The number of aliphatic hydroxyl groups is 1. The predicted molar refractivity (Wildman–Crippen MR) is 98.7 cm³/mol. The number of hydrogen-bond acceptors (Lipinski definition) is 4. The third-order valence-corrected chi connectivity index (χ3v) is 6.08. The third-order valence-electron chi connectivity index (χ3n) is 4.93. The molecule has 0 unspecified atom stereocenters. The Bertz CT molecular complexity index is 868. The van der Waals surface area contributed by atoms with E-state index in [1.165, 1.54) is 10.4 Å². The van der Waals surface area contributed by atoms with Crippen LogP contribution in [0.1, 0.15) is 22.8 Å². The van der Waals surface area contributed by atoms with Gasteiger partial charge in [-0.3, -0.25) is 9.48 Å². The number of aryl methyl sites for hydroxylation is 1. The normalized spacial score (nSPS) is 21.0. The number of rotatable bonds is 3. The number of thiophene rings is 1. The minimum absolute atomic E-state index is 0.00760. The second-order valence-electron chi connectivity index (χ2n) is 6.66. The monoisotopic (exact) mass is 355 g/mol. The van der Waals surface area contributed by atoms with E-state index in [0.29, 0.717) is 13.1 Å². The Morgan fingerprint density at radius 2 is 2.20 bits per heavy atom. The summed E-state index contributed by atoms with van der Waals surface area (Å²) in [7, 11) is 0. The van der Waals surface area contributed by atoms with Gasteiger partial charge in [-0.1, -0.05) is 18.2 Å². The van der Waals surface area contributed by atoms with Crippen molar-refractivity contribution in [1.82, 2.24) is 14.7 Å². The molecule has 0 radical (unpaired) electrons. The van der Waals surface area contributed by atoms with Crippen LogP contribution in [0.15, 0.2) is 41.9 Å². The van der Waals surface area contributed by atoms with Crippen molar-refractivity contribution in [3.05, 3.63) is 52.3 Å². The van der Waals surface area contributed by atoms with Gasteiger partial charge in [0.25, 0.3) is 0 Å². The SMILES string of the molecule is Cc1ccsc1[C@@H]1CCN(C(=O)Cn2cc3ccccc3n2)C[C@H]1O. The summed E-state index contributed by atoms with van der Waals surface area (Å²) >= 11 is 1.70. The van der Waals surface area contributed by atoms with Gasteiger partial charge in [0.15, 0.2) is 0 Å². The zero-order valence-corrected chi connectivity index (χ0v) is 14.9. The fourth-order valence-electron chi connectivity index (χ4n) is 3.56. The maximum Gasteiger partial charge on any atom is 0.244 e. The molecule has 0 spiro atoms. The lowest BCUT2D eigenvalue weighted by Gasteiger charge is -2.36. The molecule has 0 aliphatic carbocycles. The Balaban J connectivity index is 1.42. The molecule has 25 heavy (non-hydrogen) atoms. The van der Waals surface area contributed by atoms with Crippen molar-refractivity contribution < 1.29 is 9.90 Å². The summed E-state index contributed by atoms with van der Waals surface area (Å²) in [4.78, 5) is 15.6. The number of hydrogen-bond donors (Lipinski definition) is 1. The van der Waals surface area contributed by atoms with Gasteiger partial charge >= 0.3 is 0 Å². The molecule has 1 amide bonds. The molecule has 0 bridgehead atoms. The van der Waals surface area contributed by atoms with Crippen LogP contribution in [0.3, 0.4) is 0 Å². The van der Waals surface area contributed by atoms with Crippen molar-refractivity contribution in [2.45, 2.75) is 31.9 Å². The largest absolute Gasteiger partial charge is 0.391 e. The Morgan fingerprint density at radius 1 is 1.36 bits per heavy atom. The number of aliphatic hydroxyl groups excluding tert-OH is 1. The number of likely N-dealkylation sites (tertiary alicyclic amines) is 1. The number of carbonyl (C=O) groups excluding carboxylic acids is 1. The van der Waals surface area contributed by atoms with E-state index < -0.39 is 6.10 Å². The molecule has 3 heterocycles. The zero-order valence-electron chi connectivity index (χ0n) is 14.1. The zero-order chi connectivity index (χ0) is 17.4. The maximum atomic E-state index is 12.6. The number of nitrogens with zero attached hydrogens (tertiary/aromatic N) is 3. The van der Waals surface area contributed by atoms with Crippen LogP contribution >= 0.6 is 11.3 Å². The van der Waals surface area contributed by atoms with E-state index in [1.807, 2.05) is 30.5 Å². The van der Waals surface area contributed by atoms with Crippen molar-refractivity contribution in [1.29, 1.82) is 0 Å². The van der Waals surface area contributed by atoms with Gasteiger partial charge in [-0.25, -0.2) is 0 Å². The van der Waals surface area contributed by atoms with E-state index in [9.17, 15) is 9.90 Å². The molecule has 4 rings (SSSR count). The lowest BCUT2D eigenvalue weighted by molar-refractivity contribution is -0.135. The minimum atomic E-state index is -0.508. The molecule has 5 nitrogen and oxygen atoms in total. The van der Waals surface area contributed by atoms with Crippen LogP contribution in [0.2, 0.25) is 0 Å². The van der Waals surface area contributed by atoms with E-state index in [4.69, 9.17) is 0 Å². The summed E-state index contributed by atoms with van der Waals surface area (Å²) < 4.78 is 1.69. The number of benzene rings is 1. The molecule has 1 aliphatic heterocycles. The van der Waals surface area contributed by atoms with Gasteiger partial charge in [0.2, 0.25) is 5.91 Å². The molecular weight excluding hydrogens is 334 g/mol. The van der Waals surface area contributed by atoms with E-state index in [0.717, 1.165) is 17.3 Å². The first-order valence-electron chi connectivity index (χ1n) is 8.54. The van der Waals surface area contributed by atoms with Crippen molar-refractivity contribution >= 4 is 28.1 Å². The van der Waals surface area contributed by atoms with Crippen LogP contribution in [0.25, 0.3) is 10.9 Å². The second-order valence-corrected chi connectivity index (χ2v) is 7.60. The van der Waals surface area contributed by atoms with Crippen molar-refractivity contribution in [3.8, 4) is 0 Å². The molecule has 1 fully saturated rings. The van der Waals surface area contributed by atoms with Gasteiger partial charge in [0, 0.05) is 35.5 Å². The third kappa shape index (κ3) is 3.19. The number of β-amino-alcohol motifs (C(OH)–C–C–N with tert-alkyl or cyclic N) is 1. The lowest BCUT2D eigenvalue weighted by Crippen LogP contribution is -2.46. The standard InChI is InChI=1S/C19H21N3O2S/c1-13-7-9-25-19(13)15-6-8-21(11-17(15)23)18(24)12-22-10-14-4-2-3-5-16(14)20-22/h2-5,7,9-10,15,17,23H,6,8,11-12H2,1H3/t15-,17-/m1/s1. The number of fused-ring (bicyclic) bond motifs is 1. The fraction of sp³-hybridized carbons (Fsp3) is 0.368. The predicted octanol–water partition coefficient (Wildman–Crippen LogP) is 2.78. The van der Waals surface area contributed by atoms with Crippen LogP contribution < -0.4 is 0 Å². The van der Waals surface area contributed by atoms with Gasteiger partial charge in [-0.15, -0.1) is 11.3 Å². The Hall–Kier alpha value is -2.18. The first-order valence-corrected chi connectivity index (χ1v) is 9.42. The summed E-state index contributed by atoms with van der Waals surface area (Å²) in [6.45, 7) is 3.36. The molecule has 1 aliphatic rings. The Kier molecular flexibility index (Phi) is 4.31. The van der Waals surface area contributed by atoms with E-state index in [2.05, 4.69) is 23.5 Å². The minimum Gasteiger partial charge on any atom is -0.391 e. The molecule has 2 atom stereocenters. The topological polar surface area (TPSA) is 58.4 Å². The molecule has 3 aromatic rings. The van der Waals surface area contributed by atoms with Gasteiger partial charge in [-0.2, -0.15) is 5.10 Å². The molecule has 0 saturated carbocycles. The highest BCUT2D eigenvalue weighted by Gasteiger charge is 2.32. The molecule has 130 valence electrons. The second kappa shape index (κ2) is 6.61. The van der Waals surface area contributed by atoms with Crippen LogP contribution in [0.5, 0.6) is 0 Å². The highest BCUT2D eigenvalue weighted by atomic mass is 32.1. The Morgan fingerprint density at radius 3 is 2.92 bits per heavy atom. The van der Waals surface area contributed by atoms with Crippen molar-refractivity contribution in [2.24, 2.45) is 0 Å². The lowest BCUT2D eigenvalue weighted by atomic mass is 9.90. The molecule has 2 aromatic heterocycles. The van der Waals surface area contributed by atoms with Gasteiger partial charge in [0.05, 0.1) is 11.6 Å². The molecule has 1 saturated heterocycles.